The second kappa shape index (κ2) is 3.56. The fraction of sp³-hybridized carbons (Fsp3) is 0.917. The van der Waals surface area contributed by atoms with E-state index in [1.54, 1.807) is 0 Å². The van der Waals surface area contributed by atoms with Crippen LogP contribution in [0, 0.1) is 17.8 Å². The molecule has 2 aliphatic carbocycles. The van der Waals surface area contributed by atoms with Crippen molar-refractivity contribution in [3.05, 3.63) is 0 Å². The molecule has 3 nitrogen and oxygen atoms in total. The first kappa shape index (κ1) is 9.79. The van der Waals surface area contributed by atoms with Gasteiger partial charge in [0.05, 0.1) is 19.1 Å². The van der Waals surface area contributed by atoms with Crippen LogP contribution in [0.5, 0.6) is 0 Å². The normalized spacial score (nSPS) is 43.1. The molecule has 3 aliphatic rings. The number of carbonyl (C=O) groups is 1. The minimum Gasteiger partial charge on any atom is -0.347 e. The summed E-state index contributed by atoms with van der Waals surface area (Å²) in [5.74, 6) is 0.647. The van der Waals surface area contributed by atoms with E-state index in [2.05, 4.69) is 0 Å². The van der Waals surface area contributed by atoms with Crippen LogP contribution in [0.3, 0.4) is 0 Å². The second-order valence-corrected chi connectivity index (χ2v) is 5.08. The second-order valence-electron chi connectivity index (χ2n) is 5.08. The Morgan fingerprint density at radius 1 is 1.13 bits per heavy atom. The first-order valence-corrected chi connectivity index (χ1v) is 6.09. The minimum atomic E-state index is -0.526. The van der Waals surface area contributed by atoms with Crippen molar-refractivity contribution in [2.24, 2.45) is 17.8 Å². The number of carbonyl (C=O) groups excluding carboxylic acids is 1. The summed E-state index contributed by atoms with van der Waals surface area (Å²) in [5.41, 5.74) is 0. The first-order valence-electron chi connectivity index (χ1n) is 6.09. The first-order chi connectivity index (χ1) is 7.36. The van der Waals surface area contributed by atoms with Crippen molar-refractivity contribution < 1.29 is 14.3 Å². The van der Waals surface area contributed by atoms with Gasteiger partial charge < -0.3 is 14.3 Å². The molecule has 15 heavy (non-hydrogen) atoms. The molecule has 1 heterocycles. The van der Waals surface area contributed by atoms with Crippen LogP contribution in [0.25, 0.3) is 0 Å². The molecule has 1 aliphatic heterocycles. The molecule has 0 aromatic heterocycles. The average Bonchev–Trinajstić information content (AvgIpc) is 2.83. The van der Waals surface area contributed by atoms with E-state index in [0.29, 0.717) is 25.0 Å². The van der Waals surface area contributed by atoms with Crippen molar-refractivity contribution in [2.45, 2.75) is 37.9 Å². The van der Waals surface area contributed by atoms with E-state index in [0.717, 1.165) is 12.7 Å². The number of rotatable bonds is 1. The fourth-order valence-electron chi connectivity index (χ4n) is 3.78. The molecule has 1 saturated heterocycles. The predicted octanol–water partition coefficient (Wildman–Crippen LogP) is 1.75. The average molecular weight is 210 g/mol. The van der Waals surface area contributed by atoms with Crippen molar-refractivity contribution in [1.82, 2.24) is 0 Å². The molecule has 0 radical (unpaired) electrons. The van der Waals surface area contributed by atoms with Gasteiger partial charge in [-0.15, -0.1) is 0 Å². The molecule has 3 rings (SSSR count). The number of hydrogen-bond donors (Lipinski definition) is 0. The summed E-state index contributed by atoms with van der Waals surface area (Å²) >= 11 is 0. The highest BCUT2D eigenvalue weighted by molar-refractivity contribution is 5.57. The molecule has 3 fully saturated rings. The van der Waals surface area contributed by atoms with Gasteiger partial charge in [0.25, 0.3) is 0 Å². The number of aldehydes is 1. The number of ether oxygens (including phenoxy) is 2. The molecule has 0 aromatic carbocycles. The summed E-state index contributed by atoms with van der Waals surface area (Å²) in [6.45, 7) is 1.31. The van der Waals surface area contributed by atoms with Crippen molar-refractivity contribution in [2.75, 3.05) is 13.2 Å². The van der Waals surface area contributed by atoms with E-state index in [1.807, 2.05) is 0 Å². The van der Waals surface area contributed by atoms with Gasteiger partial charge in [0.1, 0.15) is 6.29 Å². The largest absolute Gasteiger partial charge is 0.347 e. The van der Waals surface area contributed by atoms with Gasteiger partial charge in [-0.3, -0.25) is 0 Å². The summed E-state index contributed by atoms with van der Waals surface area (Å²) in [5, 5.41) is 0. The standard InChI is InChI=1S/C12H18O3/c13-8-11-10-4-2-1-3-9(10)7-12(11)14-5-6-15-12/h8-11H,1-7H2/t9-,10+,11-/m1/s1. The van der Waals surface area contributed by atoms with Crippen LogP contribution in [0.4, 0.5) is 0 Å². The van der Waals surface area contributed by atoms with Crippen LogP contribution in [0.2, 0.25) is 0 Å². The Kier molecular flexibility index (Phi) is 2.33. The lowest BCUT2D eigenvalue weighted by atomic mass is 9.78. The van der Waals surface area contributed by atoms with E-state index in [-0.39, 0.29) is 5.92 Å². The van der Waals surface area contributed by atoms with E-state index in [1.165, 1.54) is 25.7 Å². The van der Waals surface area contributed by atoms with E-state index < -0.39 is 5.79 Å². The molecular weight excluding hydrogens is 192 g/mol. The van der Waals surface area contributed by atoms with Gasteiger partial charge >= 0.3 is 0 Å². The van der Waals surface area contributed by atoms with Crippen molar-refractivity contribution >= 4 is 6.29 Å². The zero-order valence-electron chi connectivity index (χ0n) is 8.98. The third-order valence-electron chi connectivity index (χ3n) is 4.41. The van der Waals surface area contributed by atoms with Crippen molar-refractivity contribution in [1.29, 1.82) is 0 Å². The smallest absolute Gasteiger partial charge is 0.178 e. The van der Waals surface area contributed by atoms with Crippen molar-refractivity contribution in [3.8, 4) is 0 Å². The van der Waals surface area contributed by atoms with Gasteiger partial charge in [-0.1, -0.05) is 12.8 Å². The maximum Gasteiger partial charge on any atom is 0.178 e. The van der Waals surface area contributed by atoms with Crippen LogP contribution in [-0.4, -0.2) is 25.3 Å². The van der Waals surface area contributed by atoms with Gasteiger partial charge in [-0.25, -0.2) is 0 Å². The molecule has 3 atom stereocenters. The lowest BCUT2D eigenvalue weighted by Crippen LogP contribution is -2.37. The SMILES string of the molecule is O=C[C@@H]1[C@H]2CCCC[C@@H]2CC12OCCO2. The lowest BCUT2D eigenvalue weighted by Gasteiger charge is -2.29. The molecular formula is C12H18O3. The monoisotopic (exact) mass is 210 g/mol. The number of fused-ring (bicyclic) bond motifs is 1. The van der Waals surface area contributed by atoms with Gasteiger partial charge in [0.2, 0.25) is 0 Å². The third-order valence-corrected chi connectivity index (χ3v) is 4.41. The molecule has 1 spiro atoms. The maximum absolute atomic E-state index is 11.3. The van der Waals surface area contributed by atoms with E-state index >= 15 is 0 Å². The molecule has 0 amide bonds. The summed E-state index contributed by atoms with van der Waals surface area (Å²) < 4.78 is 11.5. The molecule has 0 bridgehead atoms. The van der Waals surface area contributed by atoms with Crippen LogP contribution in [-0.2, 0) is 14.3 Å². The third kappa shape index (κ3) is 1.36. The van der Waals surface area contributed by atoms with Crippen molar-refractivity contribution in [3.63, 3.8) is 0 Å². The molecule has 84 valence electrons. The van der Waals surface area contributed by atoms with Gasteiger partial charge in [-0.2, -0.15) is 0 Å². The predicted molar refractivity (Wildman–Crippen MR) is 54.3 cm³/mol. The van der Waals surface area contributed by atoms with E-state index in [9.17, 15) is 4.79 Å². The Labute approximate surface area is 90.1 Å². The molecule has 0 aromatic rings. The Balaban J connectivity index is 1.87. The quantitative estimate of drug-likeness (QED) is 0.619. The topological polar surface area (TPSA) is 35.5 Å². The fourth-order valence-corrected chi connectivity index (χ4v) is 3.78. The minimum absolute atomic E-state index is 0.00898. The summed E-state index contributed by atoms with van der Waals surface area (Å²) in [6.07, 6.45) is 7.04. The Hall–Kier alpha value is -0.410. The Bertz CT molecular complexity index is 258. The Morgan fingerprint density at radius 2 is 1.87 bits per heavy atom. The van der Waals surface area contributed by atoms with E-state index in [4.69, 9.17) is 9.47 Å². The van der Waals surface area contributed by atoms with Gasteiger partial charge in [0.15, 0.2) is 5.79 Å². The molecule has 0 N–H and O–H groups in total. The molecule has 2 saturated carbocycles. The number of hydrogen-bond acceptors (Lipinski definition) is 3. The lowest BCUT2D eigenvalue weighted by molar-refractivity contribution is -0.184. The van der Waals surface area contributed by atoms with Crippen LogP contribution in [0.1, 0.15) is 32.1 Å². The zero-order chi connectivity index (χ0) is 10.3. The Morgan fingerprint density at radius 3 is 2.60 bits per heavy atom. The van der Waals surface area contributed by atoms with Gasteiger partial charge in [-0.05, 0) is 24.7 Å². The zero-order valence-corrected chi connectivity index (χ0v) is 8.98. The van der Waals surface area contributed by atoms with Gasteiger partial charge in [0, 0.05) is 6.42 Å². The summed E-state index contributed by atoms with van der Waals surface area (Å²) in [6, 6.07) is 0. The highest BCUT2D eigenvalue weighted by Gasteiger charge is 2.57. The highest BCUT2D eigenvalue weighted by atomic mass is 16.7. The highest BCUT2D eigenvalue weighted by Crippen LogP contribution is 2.53. The van der Waals surface area contributed by atoms with Crippen LogP contribution in [0.15, 0.2) is 0 Å². The summed E-state index contributed by atoms with van der Waals surface area (Å²) in [4.78, 5) is 11.3. The van der Waals surface area contributed by atoms with Crippen LogP contribution < -0.4 is 0 Å². The maximum atomic E-state index is 11.3. The molecule has 3 heteroatoms. The molecule has 0 unspecified atom stereocenters. The van der Waals surface area contributed by atoms with Crippen LogP contribution >= 0.6 is 0 Å². The summed E-state index contributed by atoms with van der Waals surface area (Å²) in [7, 11) is 0.